The van der Waals surface area contributed by atoms with Crippen molar-refractivity contribution in [2.45, 2.75) is 51.5 Å². The zero-order valence-corrected chi connectivity index (χ0v) is 12.3. The van der Waals surface area contributed by atoms with Crippen molar-refractivity contribution < 1.29 is 4.74 Å². The normalized spacial score (nSPS) is 16.7. The maximum atomic E-state index is 8.51. The molecule has 0 bridgehead atoms. The molecule has 1 atom stereocenters. The number of hydrogen-bond acceptors (Lipinski definition) is 3. The second-order valence-corrected chi connectivity index (χ2v) is 5.33. The Balaban J connectivity index is 1.92. The van der Waals surface area contributed by atoms with Gasteiger partial charge in [-0.2, -0.15) is 5.26 Å². The summed E-state index contributed by atoms with van der Waals surface area (Å²) >= 11 is 0. The summed E-state index contributed by atoms with van der Waals surface area (Å²) in [4.78, 5) is 0. The summed E-state index contributed by atoms with van der Waals surface area (Å²) in [6, 6.07) is 9.05. The molecule has 0 aromatic heterocycles. The third-order valence-corrected chi connectivity index (χ3v) is 3.81. The monoisotopic (exact) mass is 272 g/mol. The van der Waals surface area contributed by atoms with Gasteiger partial charge in [0.15, 0.2) is 0 Å². The van der Waals surface area contributed by atoms with Crippen LogP contribution >= 0.6 is 0 Å². The van der Waals surface area contributed by atoms with E-state index in [1.807, 2.05) is 0 Å². The molecule has 1 N–H and O–H groups in total. The van der Waals surface area contributed by atoms with Crippen LogP contribution in [0.15, 0.2) is 18.2 Å². The number of hydrogen-bond donors (Lipinski definition) is 1. The molecule has 0 spiro atoms. The van der Waals surface area contributed by atoms with Crippen molar-refractivity contribution in [2.75, 3.05) is 13.2 Å². The predicted molar refractivity (Wildman–Crippen MR) is 80.8 cm³/mol. The fourth-order valence-corrected chi connectivity index (χ4v) is 2.77. The Bertz CT molecular complexity index is 465. The molecule has 0 radical (unpaired) electrons. The molecular weight excluding hydrogens is 248 g/mol. The molecule has 108 valence electrons. The molecule has 1 unspecified atom stereocenters. The lowest BCUT2D eigenvalue weighted by Gasteiger charge is -2.14. The lowest BCUT2D eigenvalue weighted by atomic mass is 10.1. The van der Waals surface area contributed by atoms with Gasteiger partial charge in [0.05, 0.1) is 12.7 Å². The van der Waals surface area contributed by atoms with Crippen LogP contribution in [0.5, 0.6) is 5.75 Å². The topological polar surface area (TPSA) is 45.0 Å². The second-order valence-electron chi connectivity index (χ2n) is 5.33. The summed E-state index contributed by atoms with van der Waals surface area (Å²) in [5.41, 5.74) is 2.79. The standard InChI is InChI=1S/C17H24N2O/c1-2-12-19-16-10-9-15-14(16)7-6-8-17(15)20-13-5-3-4-11-18/h6-8,16,19H,2-5,9-10,12-13H2,1H3. The molecule has 0 saturated heterocycles. The summed E-state index contributed by atoms with van der Waals surface area (Å²) < 4.78 is 5.91. The van der Waals surface area contributed by atoms with Crippen LogP contribution in [0.1, 0.15) is 56.2 Å². The number of nitrogens with one attached hydrogen (secondary N) is 1. The van der Waals surface area contributed by atoms with Crippen LogP contribution in [0.2, 0.25) is 0 Å². The minimum Gasteiger partial charge on any atom is -0.493 e. The van der Waals surface area contributed by atoms with E-state index in [4.69, 9.17) is 10.00 Å². The molecule has 1 aliphatic rings. The fourth-order valence-electron chi connectivity index (χ4n) is 2.77. The van der Waals surface area contributed by atoms with Crippen LogP contribution in [-0.2, 0) is 6.42 Å². The van der Waals surface area contributed by atoms with Gasteiger partial charge in [-0.3, -0.25) is 0 Å². The van der Waals surface area contributed by atoms with Gasteiger partial charge in [0.1, 0.15) is 5.75 Å². The van der Waals surface area contributed by atoms with Gasteiger partial charge in [0, 0.05) is 12.5 Å². The first-order valence-electron chi connectivity index (χ1n) is 7.71. The van der Waals surface area contributed by atoms with E-state index in [0.29, 0.717) is 19.1 Å². The highest BCUT2D eigenvalue weighted by atomic mass is 16.5. The zero-order chi connectivity index (χ0) is 14.2. The van der Waals surface area contributed by atoms with Gasteiger partial charge >= 0.3 is 0 Å². The van der Waals surface area contributed by atoms with E-state index in [0.717, 1.165) is 31.6 Å². The van der Waals surface area contributed by atoms with Gasteiger partial charge in [-0.25, -0.2) is 0 Å². The van der Waals surface area contributed by atoms with Crippen LogP contribution in [0.25, 0.3) is 0 Å². The summed E-state index contributed by atoms with van der Waals surface area (Å²) in [5, 5.41) is 12.1. The first kappa shape index (κ1) is 14.9. The van der Waals surface area contributed by atoms with Crippen molar-refractivity contribution in [3.63, 3.8) is 0 Å². The number of rotatable bonds is 8. The number of ether oxygens (including phenoxy) is 1. The van der Waals surface area contributed by atoms with Gasteiger partial charge in [0.25, 0.3) is 0 Å². The number of nitriles is 1. The Labute approximate surface area is 121 Å². The van der Waals surface area contributed by atoms with Gasteiger partial charge in [-0.05, 0) is 55.8 Å². The fraction of sp³-hybridized carbons (Fsp3) is 0.588. The Hall–Kier alpha value is -1.53. The maximum absolute atomic E-state index is 8.51. The molecule has 3 nitrogen and oxygen atoms in total. The average Bonchev–Trinajstić information content (AvgIpc) is 2.89. The van der Waals surface area contributed by atoms with Gasteiger partial charge in [-0.15, -0.1) is 0 Å². The van der Waals surface area contributed by atoms with E-state index < -0.39 is 0 Å². The molecule has 0 saturated carbocycles. The van der Waals surface area contributed by atoms with Crippen LogP contribution in [-0.4, -0.2) is 13.2 Å². The lowest BCUT2D eigenvalue weighted by molar-refractivity contribution is 0.305. The van der Waals surface area contributed by atoms with E-state index in [-0.39, 0.29) is 0 Å². The SMILES string of the molecule is CCCNC1CCc2c(OCCCCC#N)cccc21. The molecular formula is C17H24N2O. The van der Waals surface area contributed by atoms with Crippen LogP contribution in [0.4, 0.5) is 0 Å². The highest BCUT2D eigenvalue weighted by Gasteiger charge is 2.24. The van der Waals surface area contributed by atoms with E-state index in [1.54, 1.807) is 0 Å². The lowest BCUT2D eigenvalue weighted by Crippen LogP contribution is -2.19. The Morgan fingerprint density at radius 2 is 2.30 bits per heavy atom. The highest BCUT2D eigenvalue weighted by Crippen LogP contribution is 2.36. The first-order valence-corrected chi connectivity index (χ1v) is 7.71. The van der Waals surface area contributed by atoms with Crippen molar-refractivity contribution in [1.29, 1.82) is 5.26 Å². The summed E-state index contributed by atoms with van der Waals surface area (Å²) in [6.07, 6.45) is 5.94. The Morgan fingerprint density at radius 3 is 3.10 bits per heavy atom. The molecule has 1 aromatic carbocycles. The van der Waals surface area contributed by atoms with Crippen LogP contribution < -0.4 is 10.1 Å². The molecule has 2 rings (SSSR count). The van der Waals surface area contributed by atoms with Crippen molar-refractivity contribution in [1.82, 2.24) is 5.32 Å². The van der Waals surface area contributed by atoms with Gasteiger partial charge < -0.3 is 10.1 Å². The zero-order valence-electron chi connectivity index (χ0n) is 12.3. The Morgan fingerprint density at radius 1 is 1.40 bits per heavy atom. The third kappa shape index (κ3) is 3.74. The molecule has 3 heteroatoms. The van der Waals surface area contributed by atoms with Gasteiger partial charge in [-0.1, -0.05) is 19.1 Å². The Kier molecular flexibility index (Phi) is 5.88. The molecule has 1 aromatic rings. The highest BCUT2D eigenvalue weighted by molar-refractivity contribution is 5.45. The first-order chi connectivity index (χ1) is 9.86. The average molecular weight is 272 g/mol. The molecule has 0 fully saturated rings. The van der Waals surface area contributed by atoms with E-state index in [1.165, 1.54) is 24.0 Å². The molecule has 0 heterocycles. The molecule has 20 heavy (non-hydrogen) atoms. The number of fused-ring (bicyclic) bond motifs is 1. The quantitative estimate of drug-likeness (QED) is 0.733. The van der Waals surface area contributed by atoms with Crippen LogP contribution in [0, 0.1) is 11.3 Å². The number of benzene rings is 1. The largest absolute Gasteiger partial charge is 0.493 e. The molecule has 0 amide bonds. The van der Waals surface area contributed by atoms with Crippen molar-refractivity contribution in [3.8, 4) is 11.8 Å². The minimum absolute atomic E-state index is 0.493. The second kappa shape index (κ2) is 7.91. The number of unbranched alkanes of at least 4 members (excludes halogenated alkanes) is 2. The van der Waals surface area contributed by atoms with Crippen molar-refractivity contribution in [3.05, 3.63) is 29.3 Å². The summed E-state index contributed by atoms with van der Waals surface area (Å²) in [5.74, 6) is 1.04. The van der Waals surface area contributed by atoms with E-state index in [2.05, 4.69) is 36.5 Å². The number of nitrogens with zero attached hydrogens (tertiary/aromatic N) is 1. The summed E-state index contributed by atoms with van der Waals surface area (Å²) in [6.45, 7) is 3.98. The van der Waals surface area contributed by atoms with Gasteiger partial charge in [0.2, 0.25) is 0 Å². The van der Waals surface area contributed by atoms with E-state index >= 15 is 0 Å². The summed E-state index contributed by atoms with van der Waals surface area (Å²) in [7, 11) is 0. The van der Waals surface area contributed by atoms with Crippen molar-refractivity contribution >= 4 is 0 Å². The van der Waals surface area contributed by atoms with E-state index in [9.17, 15) is 0 Å². The predicted octanol–water partition coefficient (Wildman–Crippen LogP) is 3.75. The molecule has 1 aliphatic carbocycles. The minimum atomic E-state index is 0.493. The third-order valence-electron chi connectivity index (χ3n) is 3.81. The van der Waals surface area contributed by atoms with Crippen LogP contribution in [0.3, 0.4) is 0 Å². The van der Waals surface area contributed by atoms with Crippen molar-refractivity contribution in [2.24, 2.45) is 0 Å². The maximum Gasteiger partial charge on any atom is 0.122 e. The molecule has 0 aliphatic heterocycles. The smallest absolute Gasteiger partial charge is 0.122 e.